The van der Waals surface area contributed by atoms with Gasteiger partial charge < -0.3 is 14.7 Å². The van der Waals surface area contributed by atoms with Crippen LogP contribution in [-0.2, 0) is 6.42 Å². The van der Waals surface area contributed by atoms with E-state index < -0.39 is 0 Å². The first-order valence-corrected chi connectivity index (χ1v) is 6.64. The van der Waals surface area contributed by atoms with Crippen LogP contribution >= 0.6 is 0 Å². The van der Waals surface area contributed by atoms with E-state index in [2.05, 4.69) is 20.4 Å². The standard InChI is InChI=1S/C12H20N4O/c1-2-11(15-10-3-4-10)8-16(6-1)7-5-12-13-9-14-17-12/h9-11,15H,1-8H2. The van der Waals surface area contributed by atoms with E-state index in [-0.39, 0.29) is 0 Å². The number of hydrogen-bond acceptors (Lipinski definition) is 5. The lowest BCUT2D eigenvalue weighted by atomic mass is 10.1. The zero-order valence-corrected chi connectivity index (χ0v) is 10.1. The van der Waals surface area contributed by atoms with Crippen LogP contribution < -0.4 is 5.32 Å². The molecule has 2 heterocycles. The summed E-state index contributed by atoms with van der Waals surface area (Å²) < 4.78 is 5.02. The molecule has 1 saturated carbocycles. The summed E-state index contributed by atoms with van der Waals surface area (Å²) in [4.78, 5) is 6.57. The summed E-state index contributed by atoms with van der Waals surface area (Å²) in [6.07, 6.45) is 7.72. The van der Waals surface area contributed by atoms with Crippen LogP contribution in [0, 0.1) is 0 Å². The van der Waals surface area contributed by atoms with Crippen LogP contribution in [0.15, 0.2) is 10.9 Å². The average molecular weight is 236 g/mol. The van der Waals surface area contributed by atoms with Crippen LogP contribution in [-0.4, -0.2) is 46.8 Å². The maximum absolute atomic E-state index is 5.02. The van der Waals surface area contributed by atoms with Crippen molar-refractivity contribution in [3.8, 4) is 0 Å². The molecule has 1 N–H and O–H groups in total. The summed E-state index contributed by atoms with van der Waals surface area (Å²) in [5, 5.41) is 7.35. The molecule has 0 radical (unpaired) electrons. The Morgan fingerprint density at radius 3 is 3.06 bits per heavy atom. The van der Waals surface area contributed by atoms with Gasteiger partial charge in [0.25, 0.3) is 0 Å². The van der Waals surface area contributed by atoms with Crippen molar-refractivity contribution >= 4 is 0 Å². The third-order valence-corrected chi connectivity index (χ3v) is 3.60. The quantitative estimate of drug-likeness (QED) is 0.820. The maximum atomic E-state index is 5.02. The Hall–Kier alpha value is -0.940. The summed E-state index contributed by atoms with van der Waals surface area (Å²) >= 11 is 0. The summed E-state index contributed by atoms with van der Waals surface area (Å²) in [6, 6.07) is 1.51. The van der Waals surface area contributed by atoms with E-state index in [0.29, 0.717) is 6.04 Å². The second kappa shape index (κ2) is 5.14. The normalized spacial score (nSPS) is 26.2. The highest BCUT2D eigenvalue weighted by Crippen LogP contribution is 2.21. The molecular formula is C12H20N4O. The summed E-state index contributed by atoms with van der Waals surface area (Å²) in [6.45, 7) is 3.41. The van der Waals surface area contributed by atoms with Crippen molar-refractivity contribution in [3.63, 3.8) is 0 Å². The molecule has 5 heteroatoms. The fraction of sp³-hybridized carbons (Fsp3) is 0.833. The van der Waals surface area contributed by atoms with E-state index in [1.807, 2.05) is 0 Å². The number of likely N-dealkylation sites (tertiary alicyclic amines) is 1. The van der Waals surface area contributed by atoms with E-state index in [1.54, 1.807) is 0 Å². The highest BCUT2D eigenvalue weighted by atomic mass is 16.5. The first-order valence-electron chi connectivity index (χ1n) is 6.64. The predicted octanol–water partition coefficient (Wildman–Crippen LogP) is 0.828. The largest absolute Gasteiger partial charge is 0.340 e. The van der Waals surface area contributed by atoms with Crippen molar-refractivity contribution in [1.82, 2.24) is 20.4 Å². The molecule has 17 heavy (non-hydrogen) atoms. The number of nitrogens with zero attached hydrogens (tertiary/aromatic N) is 3. The van der Waals surface area contributed by atoms with Gasteiger partial charge in [-0.25, -0.2) is 0 Å². The van der Waals surface area contributed by atoms with Crippen molar-refractivity contribution in [2.75, 3.05) is 19.6 Å². The molecule has 94 valence electrons. The molecule has 0 aromatic carbocycles. The van der Waals surface area contributed by atoms with Crippen molar-refractivity contribution < 1.29 is 4.52 Å². The SMILES string of the molecule is c1noc(CCN2CCCC(NC3CC3)C2)n1. The fourth-order valence-corrected chi connectivity index (χ4v) is 2.54. The van der Waals surface area contributed by atoms with Gasteiger partial charge in [0.2, 0.25) is 5.89 Å². The molecule has 2 fully saturated rings. The molecular weight excluding hydrogens is 216 g/mol. The van der Waals surface area contributed by atoms with E-state index >= 15 is 0 Å². The molecule has 3 rings (SSSR count). The van der Waals surface area contributed by atoms with Gasteiger partial charge in [-0.05, 0) is 32.2 Å². The van der Waals surface area contributed by atoms with Crippen molar-refractivity contribution in [3.05, 3.63) is 12.2 Å². The van der Waals surface area contributed by atoms with Crippen LogP contribution in [0.3, 0.4) is 0 Å². The van der Waals surface area contributed by atoms with Gasteiger partial charge in [-0.15, -0.1) is 0 Å². The lowest BCUT2D eigenvalue weighted by Gasteiger charge is -2.33. The zero-order chi connectivity index (χ0) is 11.5. The molecule has 0 spiro atoms. The molecule has 1 aliphatic carbocycles. The first-order chi connectivity index (χ1) is 8.40. The van der Waals surface area contributed by atoms with Gasteiger partial charge in [0, 0.05) is 31.6 Å². The van der Waals surface area contributed by atoms with E-state index in [0.717, 1.165) is 24.9 Å². The number of hydrogen-bond donors (Lipinski definition) is 1. The number of rotatable bonds is 5. The molecule has 1 aromatic heterocycles. The molecule has 1 unspecified atom stereocenters. The van der Waals surface area contributed by atoms with Crippen LogP contribution in [0.5, 0.6) is 0 Å². The molecule has 1 aromatic rings. The molecule has 1 aliphatic heterocycles. The van der Waals surface area contributed by atoms with Gasteiger partial charge >= 0.3 is 0 Å². The van der Waals surface area contributed by atoms with Gasteiger partial charge in [0.15, 0.2) is 6.33 Å². The molecule has 1 saturated heterocycles. The van der Waals surface area contributed by atoms with Crippen molar-refractivity contribution in [2.24, 2.45) is 0 Å². The van der Waals surface area contributed by atoms with Crippen LogP contribution in [0.1, 0.15) is 31.6 Å². The highest BCUT2D eigenvalue weighted by molar-refractivity contribution is 4.88. The Kier molecular flexibility index (Phi) is 3.38. The topological polar surface area (TPSA) is 54.2 Å². The number of aromatic nitrogens is 2. The van der Waals surface area contributed by atoms with E-state index in [4.69, 9.17) is 4.52 Å². The summed E-state index contributed by atoms with van der Waals surface area (Å²) in [5.74, 6) is 0.752. The first kappa shape index (κ1) is 11.2. The Morgan fingerprint density at radius 1 is 1.35 bits per heavy atom. The molecule has 2 aliphatic rings. The molecule has 5 nitrogen and oxygen atoms in total. The number of piperidine rings is 1. The van der Waals surface area contributed by atoms with E-state index in [1.165, 1.54) is 45.1 Å². The average Bonchev–Trinajstić information content (AvgIpc) is 3.00. The third kappa shape index (κ3) is 3.26. The monoisotopic (exact) mass is 236 g/mol. The lowest BCUT2D eigenvalue weighted by Crippen LogP contribution is -2.46. The Balaban J connectivity index is 1.43. The lowest BCUT2D eigenvalue weighted by molar-refractivity contribution is 0.186. The van der Waals surface area contributed by atoms with Crippen molar-refractivity contribution in [1.29, 1.82) is 0 Å². The van der Waals surface area contributed by atoms with Crippen LogP contribution in [0.25, 0.3) is 0 Å². The third-order valence-electron chi connectivity index (χ3n) is 3.60. The fourth-order valence-electron chi connectivity index (χ4n) is 2.54. The predicted molar refractivity (Wildman–Crippen MR) is 63.6 cm³/mol. The van der Waals surface area contributed by atoms with Gasteiger partial charge in [0.05, 0.1) is 0 Å². The second-order valence-corrected chi connectivity index (χ2v) is 5.17. The van der Waals surface area contributed by atoms with Gasteiger partial charge in [0.1, 0.15) is 0 Å². The highest BCUT2D eigenvalue weighted by Gasteiger charge is 2.27. The maximum Gasteiger partial charge on any atom is 0.227 e. The Morgan fingerprint density at radius 2 is 2.29 bits per heavy atom. The minimum atomic E-state index is 0.693. The Bertz CT molecular complexity index is 336. The van der Waals surface area contributed by atoms with Gasteiger partial charge in [-0.2, -0.15) is 4.98 Å². The number of nitrogens with one attached hydrogen (secondary N) is 1. The molecule has 0 amide bonds. The van der Waals surface area contributed by atoms with Crippen LogP contribution in [0.4, 0.5) is 0 Å². The smallest absolute Gasteiger partial charge is 0.227 e. The minimum Gasteiger partial charge on any atom is -0.340 e. The second-order valence-electron chi connectivity index (χ2n) is 5.17. The van der Waals surface area contributed by atoms with Gasteiger partial charge in [-0.1, -0.05) is 5.16 Å². The summed E-state index contributed by atoms with van der Waals surface area (Å²) in [7, 11) is 0. The molecule has 1 atom stereocenters. The van der Waals surface area contributed by atoms with Crippen LogP contribution in [0.2, 0.25) is 0 Å². The zero-order valence-electron chi connectivity index (χ0n) is 10.1. The molecule has 0 bridgehead atoms. The van der Waals surface area contributed by atoms with Gasteiger partial charge in [-0.3, -0.25) is 0 Å². The van der Waals surface area contributed by atoms with Crippen molar-refractivity contribution in [2.45, 2.75) is 44.2 Å². The van der Waals surface area contributed by atoms with E-state index in [9.17, 15) is 0 Å². The minimum absolute atomic E-state index is 0.693. The summed E-state index contributed by atoms with van der Waals surface area (Å²) in [5.41, 5.74) is 0. The Labute approximate surface area is 102 Å².